The van der Waals surface area contributed by atoms with Crippen molar-refractivity contribution in [1.29, 1.82) is 0 Å². The fourth-order valence-corrected chi connectivity index (χ4v) is 3.42. The molecule has 3 N–H and O–H groups in total. The lowest BCUT2D eigenvalue weighted by Crippen LogP contribution is -2.26. The first-order valence-corrected chi connectivity index (χ1v) is 9.39. The summed E-state index contributed by atoms with van der Waals surface area (Å²) in [6.45, 7) is 0.503. The Morgan fingerprint density at radius 2 is 1.95 bits per heavy atom. The van der Waals surface area contributed by atoms with Crippen molar-refractivity contribution < 1.29 is 8.42 Å². The van der Waals surface area contributed by atoms with Gasteiger partial charge >= 0.3 is 0 Å². The molecule has 0 aromatic heterocycles. The van der Waals surface area contributed by atoms with Gasteiger partial charge in [-0.2, -0.15) is 11.8 Å². The van der Waals surface area contributed by atoms with Gasteiger partial charge in [0.25, 0.3) is 0 Å². The molecule has 0 radical (unpaired) electrons. The number of anilines is 1. The Hall–Kier alpha value is -0.720. The summed E-state index contributed by atoms with van der Waals surface area (Å²) in [5, 5.41) is 0. The van der Waals surface area contributed by atoms with Crippen molar-refractivity contribution in [2.24, 2.45) is 0 Å². The molecule has 0 aliphatic heterocycles. The Morgan fingerprint density at radius 3 is 2.63 bits per heavy atom. The van der Waals surface area contributed by atoms with E-state index in [0.717, 1.165) is 25.0 Å². The largest absolute Gasteiger partial charge is 0.398 e. The SMILES string of the molecule is CSCCCCCNS(=O)(=O)Cc1ccccc1N. The summed E-state index contributed by atoms with van der Waals surface area (Å²) >= 11 is 1.82. The minimum atomic E-state index is -3.29. The summed E-state index contributed by atoms with van der Waals surface area (Å²) in [5.41, 5.74) is 6.91. The first-order valence-electron chi connectivity index (χ1n) is 6.35. The maximum atomic E-state index is 11.9. The highest BCUT2D eigenvalue weighted by molar-refractivity contribution is 7.98. The van der Waals surface area contributed by atoms with E-state index in [4.69, 9.17) is 5.73 Å². The maximum absolute atomic E-state index is 11.9. The van der Waals surface area contributed by atoms with E-state index >= 15 is 0 Å². The molecule has 6 heteroatoms. The van der Waals surface area contributed by atoms with E-state index in [1.165, 1.54) is 0 Å². The topological polar surface area (TPSA) is 72.2 Å². The second-order valence-corrected chi connectivity index (χ2v) is 7.20. The fraction of sp³-hybridized carbons (Fsp3) is 0.538. The molecule has 108 valence electrons. The monoisotopic (exact) mass is 302 g/mol. The van der Waals surface area contributed by atoms with Gasteiger partial charge in [-0.25, -0.2) is 13.1 Å². The molecule has 0 heterocycles. The van der Waals surface area contributed by atoms with Gasteiger partial charge in [0.2, 0.25) is 10.0 Å². The van der Waals surface area contributed by atoms with Crippen LogP contribution in [-0.4, -0.2) is 27.0 Å². The normalized spacial score (nSPS) is 11.6. The van der Waals surface area contributed by atoms with Crippen LogP contribution in [0.5, 0.6) is 0 Å². The number of thioether (sulfide) groups is 1. The van der Waals surface area contributed by atoms with E-state index in [1.54, 1.807) is 24.3 Å². The van der Waals surface area contributed by atoms with E-state index in [9.17, 15) is 8.42 Å². The van der Waals surface area contributed by atoms with Crippen LogP contribution in [-0.2, 0) is 15.8 Å². The summed E-state index contributed by atoms with van der Waals surface area (Å²) in [6.07, 6.45) is 5.14. The molecule has 0 atom stereocenters. The van der Waals surface area contributed by atoms with Crippen molar-refractivity contribution in [2.45, 2.75) is 25.0 Å². The number of nitrogen functional groups attached to an aromatic ring is 1. The molecular formula is C13H22N2O2S2. The number of nitrogens with one attached hydrogen (secondary N) is 1. The molecule has 4 nitrogen and oxygen atoms in total. The van der Waals surface area contributed by atoms with Crippen LogP contribution in [0.3, 0.4) is 0 Å². The lowest BCUT2D eigenvalue weighted by molar-refractivity contribution is 0.575. The number of hydrogen-bond acceptors (Lipinski definition) is 4. The molecule has 0 unspecified atom stereocenters. The average Bonchev–Trinajstić information content (AvgIpc) is 2.36. The smallest absolute Gasteiger partial charge is 0.215 e. The van der Waals surface area contributed by atoms with Crippen LogP contribution in [0.1, 0.15) is 24.8 Å². The molecular weight excluding hydrogens is 280 g/mol. The van der Waals surface area contributed by atoms with Crippen LogP contribution in [0.4, 0.5) is 5.69 Å². The molecule has 0 fully saturated rings. The number of benzene rings is 1. The first-order chi connectivity index (χ1) is 9.05. The predicted molar refractivity (Wildman–Crippen MR) is 83.7 cm³/mol. The number of hydrogen-bond donors (Lipinski definition) is 2. The molecule has 0 amide bonds. The molecule has 1 aromatic carbocycles. The van der Waals surface area contributed by atoms with Gasteiger partial charge in [0.05, 0.1) is 5.75 Å². The number of para-hydroxylation sites is 1. The first kappa shape index (κ1) is 16.3. The quantitative estimate of drug-likeness (QED) is 0.542. The van der Waals surface area contributed by atoms with Gasteiger partial charge in [0.15, 0.2) is 0 Å². The second-order valence-electron chi connectivity index (χ2n) is 4.41. The lowest BCUT2D eigenvalue weighted by atomic mass is 10.2. The third kappa shape index (κ3) is 6.84. The van der Waals surface area contributed by atoms with Gasteiger partial charge in [-0.15, -0.1) is 0 Å². The minimum absolute atomic E-state index is 0.0511. The molecule has 0 aliphatic rings. The van der Waals surface area contributed by atoms with Crippen molar-refractivity contribution >= 4 is 27.5 Å². The van der Waals surface area contributed by atoms with Crippen molar-refractivity contribution in [2.75, 3.05) is 24.3 Å². The Kier molecular flexibility index (Phi) is 7.27. The van der Waals surface area contributed by atoms with Crippen LogP contribution in [0.25, 0.3) is 0 Å². The summed E-state index contributed by atoms with van der Waals surface area (Å²) < 4.78 is 26.4. The molecule has 0 saturated carbocycles. The third-order valence-corrected chi connectivity index (χ3v) is 4.78. The van der Waals surface area contributed by atoms with Gasteiger partial charge < -0.3 is 5.73 Å². The van der Waals surface area contributed by atoms with Gasteiger partial charge in [-0.3, -0.25) is 0 Å². The van der Waals surface area contributed by atoms with Crippen LogP contribution < -0.4 is 10.5 Å². The van der Waals surface area contributed by atoms with Gasteiger partial charge in [-0.1, -0.05) is 24.6 Å². The van der Waals surface area contributed by atoms with Crippen molar-refractivity contribution in [3.8, 4) is 0 Å². The summed E-state index contributed by atoms with van der Waals surface area (Å²) in [6, 6.07) is 7.05. The molecule has 0 saturated heterocycles. The fourth-order valence-electron chi connectivity index (χ4n) is 1.70. The molecule has 19 heavy (non-hydrogen) atoms. The maximum Gasteiger partial charge on any atom is 0.215 e. The van der Waals surface area contributed by atoms with Crippen molar-refractivity contribution in [3.05, 3.63) is 29.8 Å². The molecule has 0 spiro atoms. The van der Waals surface area contributed by atoms with E-state index in [0.29, 0.717) is 17.8 Å². The highest BCUT2D eigenvalue weighted by Gasteiger charge is 2.12. The zero-order valence-corrected chi connectivity index (χ0v) is 12.9. The van der Waals surface area contributed by atoms with Gasteiger partial charge in [0, 0.05) is 12.2 Å². The van der Waals surface area contributed by atoms with Crippen LogP contribution >= 0.6 is 11.8 Å². The van der Waals surface area contributed by atoms with E-state index < -0.39 is 10.0 Å². The number of nitrogens with two attached hydrogens (primary N) is 1. The molecule has 0 aliphatic carbocycles. The lowest BCUT2D eigenvalue weighted by Gasteiger charge is -2.08. The highest BCUT2D eigenvalue weighted by atomic mass is 32.2. The van der Waals surface area contributed by atoms with Crippen molar-refractivity contribution in [1.82, 2.24) is 4.72 Å². The zero-order chi connectivity index (χ0) is 14.1. The van der Waals surface area contributed by atoms with E-state index in [2.05, 4.69) is 11.0 Å². The summed E-state index contributed by atoms with van der Waals surface area (Å²) in [7, 11) is -3.29. The summed E-state index contributed by atoms with van der Waals surface area (Å²) in [4.78, 5) is 0. The highest BCUT2D eigenvalue weighted by Crippen LogP contribution is 2.13. The van der Waals surface area contributed by atoms with Crippen LogP contribution in [0.2, 0.25) is 0 Å². The second kappa shape index (κ2) is 8.45. The Bertz CT molecular complexity index is 475. The number of unbranched alkanes of at least 4 members (excludes halogenated alkanes) is 2. The average molecular weight is 302 g/mol. The zero-order valence-electron chi connectivity index (χ0n) is 11.3. The Labute approximate surface area is 120 Å². The minimum Gasteiger partial charge on any atom is -0.398 e. The summed E-state index contributed by atoms with van der Waals surface area (Å²) in [5.74, 6) is 1.08. The van der Waals surface area contributed by atoms with Crippen molar-refractivity contribution in [3.63, 3.8) is 0 Å². The van der Waals surface area contributed by atoms with E-state index in [1.807, 2.05) is 11.8 Å². The third-order valence-electron chi connectivity index (χ3n) is 2.75. The standard InChI is InChI=1S/C13H22N2O2S2/c1-18-10-6-2-5-9-15-19(16,17)11-12-7-3-4-8-13(12)14/h3-4,7-8,15H,2,5-6,9-11,14H2,1H3. The Morgan fingerprint density at radius 1 is 1.21 bits per heavy atom. The molecule has 1 aromatic rings. The Balaban J connectivity index is 2.34. The molecule has 1 rings (SSSR count). The molecule has 0 bridgehead atoms. The number of sulfonamides is 1. The predicted octanol–water partition coefficient (Wildman–Crippen LogP) is 2.22. The van der Waals surface area contributed by atoms with Crippen LogP contribution in [0.15, 0.2) is 24.3 Å². The van der Waals surface area contributed by atoms with E-state index in [-0.39, 0.29) is 5.75 Å². The number of rotatable bonds is 9. The van der Waals surface area contributed by atoms with Crippen LogP contribution in [0, 0.1) is 0 Å². The van der Waals surface area contributed by atoms with Gasteiger partial charge in [-0.05, 0) is 36.5 Å². The van der Waals surface area contributed by atoms with Gasteiger partial charge in [0.1, 0.15) is 0 Å².